The Balaban J connectivity index is 0.889. The summed E-state index contributed by atoms with van der Waals surface area (Å²) in [4.78, 5) is 0. The Morgan fingerprint density at radius 1 is 0.154 bits per heavy atom. The van der Waals surface area contributed by atoms with Gasteiger partial charge in [0.2, 0.25) is 0 Å². The Morgan fingerprint density at radius 3 is 0.942 bits per heavy atom. The standard InChI is InChI=1S/C52H82/c1-3-13-44-37(7-1)27-38-8-2-4-14-45(38)50(44)41-29-39(42-23-19-35-17-15-31-9-5-11-33-21-25-46(42)51(35)48(31)33)28-40(30-41)43-24-20-36-18-16-32-10-6-12-34-22-26-47(43)52(36)49(32)34/h31-52H,1-30H2. The first-order chi connectivity index (χ1) is 25.8. The molecule has 0 heteroatoms. The summed E-state index contributed by atoms with van der Waals surface area (Å²) in [7, 11) is 0. The van der Waals surface area contributed by atoms with Gasteiger partial charge in [-0.15, -0.1) is 0 Å². The van der Waals surface area contributed by atoms with E-state index in [0.717, 1.165) is 107 Å². The van der Waals surface area contributed by atoms with Gasteiger partial charge in [-0.25, -0.2) is 0 Å². The summed E-state index contributed by atoms with van der Waals surface area (Å²) in [6, 6.07) is 0. The molecule has 0 amide bonds. The lowest BCUT2D eigenvalue weighted by Gasteiger charge is -2.63. The van der Waals surface area contributed by atoms with Crippen molar-refractivity contribution in [3.8, 4) is 0 Å². The Kier molecular flexibility index (Phi) is 9.07. The van der Waals surface area contributed by atoms with Crippen molar-refractivity contribution in [2.75, 3.05) is 0 Å². The SMILES string of the molecule is C1CCC2C(C1)CC1CCCCC1C2C1CC(C2CCC3CCC4CCCC5CCC2C3C45)CC(C2CCC3CCC4CCCC5CCC2C3C45)C1. The van der Waals surface area contributed by atoms with E-state index in [4.69, 9.17) is 0 Å². The van der Waals surface area contributed by atoms with Crippen molar-refractivity contribution in [3.63, 3.8) is 0 Å². The first-order valence-electron chi connectivity index (χ1n) is 25.8. The molecule has 0 radical (unpaired) electrons. The number of hydrogen-bond donors (Lipinski definition) is 0. The van der Waals surface area contributed by atoms with Crippen molar-refractivity contribution in [3.05, 3.63) is 0 Å². The fourth-order valence-corrected chi connectivity index (χ4v) is 21.8. The van der Waals surface area contributed by atoms with Crippen LogP contribution in [0.25, 0.3) is 0 Å². The highest BCUT2D eigenvalue weighted by Gasteiger charge is 2.59. The van der Waals surface area contributed by atoms with E-state index in [2.05, 4.69) is 0 Å². The van der Waals surface area contributed by atoms with Crippen LogP contribution in [-0.2, 0) is 0 Å². The average Bonchev–Trinajstić information content (AvgIpc) is 3.20. The molecule has 52 heavy (non-hydrogen) atoms. The lowest BCUT2D eigenvalue weighted by molar-refractivity contribution is -0.134. The van der Waals surface area contributed by atoms with Crippen LogP contribution in [0.2, 0.25) is 0 Å². The van der Waals surface area contributed by atoms with Crippen LogP contribution in [0.3, 0.4) is 0 Å². The summed E-state index contributed by atoms with van der Waals surface area (Å²) in [5, 5.41) is 0. The molecule has 20 unspecified atom stereocenters. The Hall–Kier alpha value is 0. The minimum Gasteiger partial charge on any atom is -0.0530 e. The molecule has 0 aliphatic heterocycles. The van der Waals surface area contributed by atoms with Crippen molar-refractivity contribution >= 4 is 0 Å². The van der Waals surface area contributed by atoms with E-state index in [1.54, 1.807) is 193 Å². The first-order valence-corrected chi connectivity index (χ1v) is 25.8. The summed E-state index contributed by atoms with van der Waals surface area (Å²) in [5.41, 5.74) is 0. The molecule has 0 saturated heterocycles. The number of hydrogen-bond acceptors (Lipinski definition) is 0. The quantitative estimate of drug-likeness (QED) is 0.274. The monoisotopic (exact) mass is 707 g/mol. The Bertz CT molecular complexity index is 1160. The first kappa shape index (κ1) is 34.1. The molecule has 0 spiro atoms. The van der Waals surface area contributed by atoms with Gasteiger partial charge in [0.1, 0.15) is 0 Å². The summed E-state index contributed by atoms with van der Waals surface area (Å²) in [6.07, 6.45) is 49.2. The zero-order valence-electron chi connectivity index (χ0n) is 33.9. The molecule has 12 rings (SSSR count). The van der Waals surface area contributed by atoms with Crippen LogP contribution < -0.4 is 0 Å². The second kappa shape index (κ2) is 13.8. The molecule has 12 aliphatic rings. The van der Waals surface area contributed by atoms with E-state index in [-0.39, 0.29) is 0 Å². The zero-order valence-corrected chi connectivity index (χ0v) is 33.9. The van der Waals surface area contributed by atoms with Gasteiger partial charge in [0.25, 0.3) is 0 Å². The molecule has 12 fully saturated rings. The predicted octanol–water partition coefficient (Wildman–Crippen LogP) is 14.4. The maximum absolute atomic E-state index is 1.72. The zero-order chi connectivity index (χ0) is 33.9. The maximum Gasteiger partial charge on any atom is -0.0321 e. The fourth-order valence-electron chi connectivity index (χ4n) is 21.8. The molecule has 0 aromatic rings. The normalized spacial score (nSPS) is 59.5. The Labute approximate surface area is 321 Å². The predicted molar refractivity (Wildman–Crippen MR) is 215 cm³/mol. The topological polar surface area (TPSA) is 0 Å². The molecule has 0 aromatic heterocycles. The lowest BCUT2D eigenvalue weighted by atomic mass is 9.42. The largest absolute Gasteiger partial charge is 0.0530 e. The minimum atomic E-state index is 1.11. The molecule has 0 heterocycles. The third-order valence-electron chi connectivity index (χ3n) is 22.9. The van der Waals surface area contributed by atoms with E-state index >= 15 is 0 Å². The van der Waals surface area contributed by atoms with Crippen molar-refractivity contribution in [1.82, 2.24) is 0 Å². The highest BCUT2D eigenvalue weighted by Crippen LogP contribution is 2.67. The van der Waals surface area contributed by atoms with E-state index in [1.165, 1.54) is 23.7 Å². The van der Waals surface area contributed by atoms with Crippen LogP contribution in [-0.4, -0.2) is 0 Å². The van der Waals surface area contributed by atoms with Gasteiger partial charge in [-0.1, -0.05) is 77.0 Å². The van der Waals surface area contributed by atoms with Crippen molar-refractivity contribution < 1.29 is 0 Å². The summed E-state index contributed by atoms with van der Waals surface area (Å²) in [6.45, 7) is 0. The molecule has 0 nitrogen and oxygen atoms in total. The lowest BCUT2D eigenvalue weighted by Crippen LogP contribution is -2.55. The fraction of sp³-hybridized carbons (Fsp3) is 1.00. The molecule has 12 saturated carbocycles. The molecular formula is C52H82. The van der Waals surface area contributed by atoms with Crippen LogP contribution >= 0.6 is 0 Å². The van der Waals surface area contributed by atoms with Gasteiger partial charge in [0, 0.05) is 0 Å². The van der Waals surface area contributed by atoms with E-state index < -0.39 is 0 Å². The molecular weight excluding hydrogens is 625 g/mol. The maximum atomic E-state index is 1.72. The summed E-state index contributed by atoms with van der Waals surface area (Å²) >= 11 is 0. The van der Waals surface area contributed by atoms with Gasteiger partial charge in [-0.05, 0) is 246 Å². The average molecular weight is 707 g/mol. The molecule has 12 aliphatic carbocycles. The van der Waals surface area contributed by atoms with Gasteiger partial charge in [-0.3, -0.25) is 0 Å². The van der Waals surface area contributed by atoms with Crippen LogP contribution in [0.4, 0.5) is 0 Å². The number of rotatable bonds is 3. The second-order valence-electron chi connectivity index (χ2n) is 24.1. The van der Waals surface area contributed by atoms with E-state index in [9.17, 15) is 0 Å². The minimum absolute atomic E-state index is 1.11. The highest BCUT2D eigenvalue weighted by atomic mass is 14.6. The van der Waals surface area contributed by atoms with Crippen LogP contribution in [0.1, 0.15) is 193 Å². The van der Waals surface area contributed by atoms with Crippen molar-refractivity contribution in [1.29, 1.82) is 0 Å². The van der Waals surface area contributed by atoms with Gasteiger partial charge in [0.05, 0.1) is 0 Å². The van der Waals surface area contributed by atoms with Gasteiger partial charge < -0.3 is 0 Å². The van der Waals surface area contributed by atoms with Crippen molar-refractivity contribution in [2.24, 2.45) is 130 Å². The Morgan fingerprint density at radius 2 is 0.481 bits per heavy atom. The van der Waals surface area contributed by atoms with Gasteiger partial charge in [-0.2, -0.15) is 0 Å². The summed E-state index contributed by atoms with van der Waals surface area (Å²) in [5.74, 6) is 25.1. The third-order valence-corrected chi connectivity index (χ3v) is 22.9. The van der Waals surface area contributed by atoms with Crippen LogP contribution in [0, 0.1) is 130 Å². The third kappa shape index (κ3) is 5.48. The van der Waals surface area contributed by atoms with Crippen LogP contribution in [0.5, 0.6) is 0 Å². The van der Waals surface area contributed by atoms with Crippen molar-refractivity contribution in [2.45, 2.75) is 193 Å². The molecule has 20 atom stereocenters. The van der Waals surface area contributed by atoms with Gasteiger partial charge in [0.15, 0.2) is 0 Å². The van der Waals surface area contributed by atoms with Crippen LogP contribution in [0.15, 0.2) is 0 Å². The molecule has 0 aromatic carbocycles. The second-order valence-corrected chi connectivity index (χ2v) is 24.1. The van der Waals surface area contributed by atoms with E-state index in [1.807, 2.05) is 0 Å². The van der Waals surface area contributed by atoms with Gasteiger partial charge >= 0.3 is 0 Å². The number of fused-ring (bicyclic) bond motifs is 2. The molecule has 0 bridgehead atoms. The molecule has 0 N–H and O–H groups in total. The summed E-state index contributed by atoms with van der Waals surface area (Å²) < 4.78 is 0. The smallest absolute Gasteiger partial charge is 0.0321 e. The van der Waals surface area contributed by atoms with E-state index in [0.29, 0.717) is 0 Å². The molecule has 290 valence electrons. The highest BCUT2D eigenvalue weighted by molar-refractivity contribution is 5.08.